The van der Waals surface area contributed by atoms with Gasteiger partial charge in [0.1, 0.15) is 5.82 Å². The normalized spacial score (nSPS) is 9.48. The fourth-order valence-corrected chi connectivity index (χ4v) is 3.81. The van der Waals surface area contributed by atoms with E-state index in [-0.39, 0.29) is 5.82 Å². The van der Waals surface area contributed by atoms with Crippen LogP contribution in [0.3, 0.4) is 0 Å². The lowest BCUT2D eigenvalue weighted by Gasteiger charge is -2.11. The number of hydrogen-bond acceptors (Lipinski definition) is 2. The van der Waals surface area contributed by atoms with Crippen molar-refractivity contribution in [1.29, 1.82) is 0 Å². The Balaban J connectivity index is 0.000000343. The van der Waals surface area contributed by atoms with Gasteiger partial charge in [0.25, 0.3) is 0 Å². The van der Waals surface area contributed by atoms with Crippen molar-refractivity contribution in [1.82, 2.24) is 9.97 Å². The lowest BCUT2D eigenvalue weighted by atomic mass is 9.95. The fraction of sp³-hybridized carbons (Fsp3) is 0.282. The maximum Gasteiger partial charge on any atom is 0.132 e. The van der Waals surface area contributed by atoms with Gasteiger partial charge in [-0.25, -0.2) is 4.39 Å². The van der Waals surface area contributed by atoms with Gasteiger partial charge in [-0.15, -0.1) is 0 Å². The Kier molecular flexibility index (Phi) is 18.5. The van der Waals surface area contributed by atoms with E-state index in [2.05, 4.69) is 68.0 Å². The fourth-order valence-electron chi connectivity index (χ4n) is 3.81. The second kappa shape index (κ2) is 21.6. The van der Waals surface area contributed by atoms with Gasteiger partial charge < -0.3 is 0 Å². The largest absolute Gasteiger partial charge is 0.256 e. The second-order valence-electron chi connectivity index (χ2n) is 9.23. The van der Waals surface area contributed by atoms with Gasteiger partial charge in [0.15, 0.2) is 0 Å². The van der Waals surface area contributed by atoms with E-state index in [4.69, 9.17) is 0 Å². The summed E-state index contributed by atoms with van der Waals surface area (Å²) in [6.07, 6.45) is 6.15. The van der Waals surface area contributed by atoms with Gasteiger partial charge in [0.2, 0.25) is 0 Å². The highest BCUT2D eigenvalue weighted by Crippen LogP contribution is 2.28. The monoisotopic (exact) mass is 564 g/mol. The molecule has 0 bridgehead atoms. The highest BCUT2D eigenvalue weighted by Gasteiger charge is 2.09. The predicted molar refractivity (Wildman–Crippen MR) is 182 cm³/mol. The smallest absolute Gasteiger partial charge is 0.132 e. The van der Waals surface area contributed by atoms with Crippen LogP contribution in [0.15, 0.2) is 122 Å². The Morgan fingerprint density at radius 1 is 0.548 bits per heavy atom. The molecule has 3 heteroatoms. The van der Waals surface area contributed by atoms with Crippen molar-refractivity contribution < 1.29 is 4.39 Å². The van der Waals surface area contributed by atoms with Gasteiger partial charge in [0, 0.05) is 23.5 Å². The molecule has 5 rings (SSSR count). The molecule has 2 heterocycles. The summed E-state index contributed by atoms with van der Waals surface area (Å²) in [5.74, 6) is 0.279. The van der Waals surface area contributed by atoms with Crippen LogP contribution in [-0.4, -0.2) is 9.97 Å². The van der Waals surface area contributed by atoms with Crippen LogP contribution in [0.4, 0.5) is 4.39 Å². The van der Waals surface area contributed by atoms with Gasteiger partial charge in [-0.1, -0.05) is 141 Å². The summed E-state index contributed by atoms with van der Waals surface area (Å²) in [7, 11) is 0. The molecule has 2 nitrogen and oxygen atoms in total. The van der Waals surface area contributed by atoms with Crippen molar-refractivity contribution >= 4 is 0 Å². The first-order chi connectivity index (χ1) is 20.5. The molecular formula is C39H49FN2. The van der Waals surface area contributed by atoms with Crippen LogP contribution in [0.5, 0.6) is 0 Å². The molecule has 0 saturated carbocycles. The molecule has 42 heavy (non-hydrogen) atoms. The second-order valence-corrected chi connectivity index (χ2v) is 9.23. The van der Waals surface area contributed by atoms with Crippen LogP contribution in [-0.2, 0) is 0 Å². The van der Waals surface area contributed by atoms with E-state index in [0.717, 1.165) is 16.8 Å². The summed E-state index contributed by atoms with van der Waals surface area (Å²) in [5.41, 5.74) is 6.90. The molecule has 5 aromatic rings. The van der Waals surface area contributed by atoms with E-state index in [0.29, 0.717) is 17.2 Å². The molecule has 0 unspecified atom stereocenters. The van der Waals surface area contributed by atoms with Crippen molar-refractivity contribution in [3.63, 3.8) is 0 Å². The molecule has 0 fully saturated rings. The standard InChI is InChI=1S/C17H12FN.C14H15N.C4H10.2C2H6/c18-16-10-9-14(13-6-2-1-3-7-13)12-15(16)17-8-4-5-11-19-17;1-11(2)12-7-3-4-8-13(12)14-9-5-6-10-15-14;1-3-4-2;2*1-2/h1-12H;3-11H,1-2H3;3-4H2,1-2H3;2*1-2H3. The Bertz CT molecular complexity index is 1350. The van der Waals surface area contributed by atoms with Crippen LogP contribution in [0, 0.1) is 5.82 Å². The summed E-state index contributed by atoms with van der Waals surface area (Å²) < 4.78 is 13.9. The highest BCUT2D eigenvalue weighted by molar-refractivity contribution is 5.71. The molecule has 0 amide bonds. The van der Waals surface area contributed by atoms with Crippen LogP contribution in [0.25, 0.3) is 33.6 Å². The summed E-state index contributed by atoms with van der Waals surface area (Å²) in [6, 6.07) is 35.0. The van der Waals surface area contributed by atoms with Crippen molar-refractivity contribution in [2.75, 3.05) is 0 Å². The van der Waals surface area contributed by atoms with Crippen LogP contribution < -0.4 is 0 Å². The minimum atomic E-state index is -0.251. The molecule has 0 aliphatic carbocycles. The maximum atomic E-state index is 13.9. The van der Waals surface area contributed by atoms with Gasteiger partial charge in [-0.2, -0.15) is 0 Å². The number of rotatable bonds is 5. The predicted octanol–water partition coefficient (Wildman–Crippen LogP) is 12.3. The molecule has 2 aromatic heterocycles. The van der Waals surface area contributed by atoms with E-state index in [1.807, 2.05) is 101 Å². The average molecular weight is 565 g/mol. The summed E-state index contributed by atoms with van der Waals surface area (Å²) >= 11 is 0. The first-order valence-corrected chi connectivity index (χ1v) is 15.3. The van der Waals surface area contributed by atoms with Crippen LogP contribution >= 0.6 is 0 Å². The van der Waals surface area contributed by atoms with Crippen LogP contribution in [0.1, 0.15) is 79.7 Å². The molecule has 0 saturated heterocycles. The molecule has 0 radical (unpaired) electrons. The van der Waals surface area contributed by atoms with Gasteiger partial charge in [0.05, 0.1) is 11.4 Å². The Hall–Kier alpha value is -4.11. The average Bonchev–Trinajstić information content (AvgIpc) is 3.08. The van der Waals surface area contributed by atoms with E-state index in [9.17, 15) is 4.39 Å². The molecule has 3 aromatic carbocycles. The first-order valence-electron chi connectivity index (χ1n) is 15.3. The molecular weight excluding hydrogens is 515 g/mol. The number of pyridine rings is 2. The zero-order chi connectivity index (χ0) is 31.2. The van der Waals surface area contributed by atoms with Crippen molar-refractivity contribution in [2.24, 2.45) is 0 Å². The number of unbranched alkanes of at least 4 members (excludes halogenated alkanes) is 1. The van der Waals surface area contributed by atoms with E-state index >= 15 is 0 Å². The summed E-state index contributed by atoms with van der Waals surface area (Å²) in [6.45, 7) is 16.8. The summed E-state index contributed by atoms with van der Waals surface area (Å²) in [4.78, 5) is 8.60. The zero-order valence-corrected chi connectivity index (χ0v) is 26.8. The molecule has 0 aliphatic heterocycles. The van der Waals surface area contributed by atoms with Gasteiger partial charge in [-0.3, -0.25) is 9.97 Å². The van der Waals surface area contributed by atoms with Gasteiger partial charge in [-0.05, 0) is 59.0 Å². The highest BCUT2D eigenvalue weighted by atomic mass is 19.1. The van der Waals surface area contributed by atoms with E-state index in [1.54, 1.807) is 12.3 Å². The number of aromatic nitrogens is 2. The SMILES string of the molecule is CC.CC.CC(C)c1ccccc1-c1ccccn1.CCCC.Fc1ccc(-c2ccccc2)cc1-c1ccccn1. The number of hydrogen-bond donors (Lipinski definition) is 0. The molecule has 0 N–H and O–H groups in total. The van der Waals surface area contributed by atoms with Gasteiger partial charge >= 0.3 is 0 Å². The lowest BCUT2D eigenvalue weighted by molar-refractivity contribution is 0.631. The quantitative estimate of drug-likeness (QED) is 0.212. The van der Waals surface area contributed by atoms with Crippen molar-refractivity contribution in [3.8, 4) is 33.6 Å². The maximum absolute atomic E-state index is 13.9. The third kappa shape index (κ3) is 11.8. The Morgan fingerprint density at radius 3 is 1.55 bits per heavy atom. The molecule has 222 valence electrons. The minimum absolute atomic E-state index is 0.251. The minimum Gasteiger partial charge on any atom is -0.256 e. The molecule has 0 aliphatic rings. The topological polar surface area (TPSA) is 25.8 Å². The third-order valence-electron chi connectivity index (χ3n) is 6.04. The molecule has 0 spiro atoms. The van der Waals surface area contributed by atoms with Crippen molar-refractivity contribution in [2.45, 2.75) is 74.1 Å². The Labute approximate surface area is 254 Å². The zero-order valence-electron chi connectivity index (χ0n) is 26.8. The number of nitrogens with zero attached hydrogens (tertiary/aromatic N) is 2. The lowest BCUT2D eigenvalue weighted by Crippen LogP contribution is -1.93. The Morgan fingerprint density at radius 2 is 1.05 bits per heavy atom. The van der Waals surface area contributed by atoms with E-state index < -0.39 is 0 Å². The van der Waals surface area contributed by atoms with E-state index in [1.165, 1.54) is 30.0 Å². The molecule has 0 atom stereocenters. The first kappa shape index (κ1) is 35.9. The van der Waals surface area contributed by atoms with Crippen molar-refractivity contribution in [3.05, 3.63) is 133 Å². The van der Waals surface area contributed by atoms with Crippen LogP contribution in [0.2, 0.25) is 0 Å². The number of halogens is 1. The summed E-state index contributed by atoms with van der Waals surface area (Å²) in [5, 5.41) is 0. The third-order valence-corrected chi connectivity index (χ3v) is 6.04. The number of benzene rings is 3.